The van der Waals surface area contributed by atoms with Crippen LogP contribution in [0.5, 0.6) is 5.88 Å². The summed E-state index contributed by atoms with van der Waals surface area (Å²) < 4.78 is 11.0. The van der Waals surface area contributed by atoms with Gasteiger partial charge in [0.15, 0.2) is 5.69 Å². The van der Waals surface area contributed by atoms with Crippen LogP contribution in [0, 0.1) is 5.92 Å². The molecule has 202 valence electrons. The molecule has 13 heteroatoms. The molecule has 13 nitrogen and oxygen atoms in total. The molecule has 0 aliphatic heterocycles. The Morgan fingerprint density at radius 3 is 2.34 bits per heavy atom. The molecule has 0 spiro atoms. The normalized spacial score (nSPS) is 12.2. The molecule has 1 unspecified atom stereocenters. The lowest BCUT2D eigenvalue weighted by Crippen LogP contribution is -2.46. The van der Waals surface area contributed by atoms with E-state index in [-0.39, 0.29) is 23.5 Å². The first-order valence-electron chi connectivity index (χ1n) is 11.7. The van der Waals surface area contributed by atoms with Gasteiger partial charge < -0.3 is 19.6 Å². The highest BCUT2D eigenvalue weighted by Gasteiger charge is 2.32. The summed E-state index contributed by atoms with van der Waals surface area (Å²) in [5.41, 5.74) is -1.52. The molecule has 3 N–H and O–H groups in total. The average Bonchev–Trinajstić information content (AvgIpc) is 3.37. The number of carbonyl (C=O) groups excluding carboxylic acids is 3. The SMILES string of the molecule is COC(=O)Nc1c(O)nc(-c2ccccc2)n(CC(=O)NC(C(=O)c2nnc(C(C)(C)C)o2)C(C)C)c1=O. The van der Waals surface area contributed by atoms with Gasteiger partial charge in [-0.15, -0.1) is 10.2 Å². The number of Topliss-reactive ketones (excluding diaryl/α,β-unsaturated/α-hetero) is 1. The van der Waals surface area contributed by atoms with E-state index < -0.39 is 52.9 Å². The fourth-order valence-electron chi connectivity index (χ4n) is 3.42. The van der Waals surface area contributed by atoms with E-state index in [9.17, 15) is 24.3 Å². The number of benzene rings is 1. The summed E-state index contributed by atoms with van der Waals surface area (Å²) in [6, 6.07) is 7.34. The first-order chi connectivity index (χ1) is 17.8. The number of amides is 2. The number of nitrogens with one attached hydrogen (secondary N) is 2. The van der Waals surface area contributed by atoms with Gasteiger partial charge in [0.1, 0.15) is 12.4 Å². The lowest BCUT2D eigenvalue weighted by atomic mass is 9.97. The van der Waals surface area contributed by atoms with Crippen molar-refractivity contribution in [1.29, 1.82) is 0 Å². The Balaban J connectivity index is 1.96. The van der Waals surface area contributed by atoms with E-state index in [4.69, 9.17) is 4.42 Å². The molecule has 0 saturated carbocycles. The van der Waals surface area contributed by atoms with E-state index in [0.29, 0.717) is 5.56 Å². The van der Waals surface area contributed by atoms with Crippen molar-refractivity contribution < 1.29 is 28.6 Å². The zero-order valence-electron chi connectivity index (χ0n) is 21.9. The molecule has 1 aromatic carbocycles. The molecule has 0 aliphatic rings. The molecule has 38 heavy (non-hydrogen) atoms. The highest BCUT2D eigenvalue weighted by atomic mass is 16.5. The minimum atomic E-state index is -1.04. The van der Waals surface area contributed by atoms with Crippen molar-refractivity contribution in [3.05, 3.63) is 52.5 Å². The summed E-state index contributed by atoms with van der Waals surface area (Å²) in [4.78, 5) is 55.3. The van der Waals surface area contributed by atoms with Gasteiger partial charge in [-0.05, 0) is 5.92 Å². The van der Waals surface area contributed by atoms with Gasteiger partial charge in [0.25, 0.3) is 11.4 Å². The number of aromatic hydroxyl groups is 1. The summed E-state index contributed by atoms with van der Waals surface area (Å²) in [7, 11) is 1.08. The minimum absolute atomic E-state index is 0.0298. The predicted octanol–water partition coefficient (Wildman–Crippen LogP) is 2.50. The maximum atomic E-state index is 13.3. The second-order valence-corrected chi connectivity index (χ2v) is 9.82. The molecule has 1 atom stereocenters. The van der Waals surface area contributed by atoms with Crippen LogP contribution in [-0.4, -0.2) is 55.8 Å². The number of ether oxygens (including phenoxy) is 1. The fourth-order valence-corrected chi connectivity index (χ4v) is 3.42. The Kier molecular flexibility index (Phi) is 8.29. The first kappa shape index (κ1) is 28.0. The van der Waals surface area contributed by atoms with Crippen molar-refractivity contribution in [3.8, 4) is 17.3 Å². The van der Waals surface area contributed by atoms with Crippen molar-refractivity contribution in [1.82, 2.24) is 25.1 Å². The fraction of sp³-hybridized carbons (Fsp3) is 0.400. The minimum Gasteiger partial charge on any atom is -0.492 e. The molecule has 0 aliphatic carbocycles. The molecule has 0 saturated heterocycles. The Labute approximate surface area is 218 Å². The summed E-state index contributed by atoms with van der Waals surface area (Å²) in [6.07, 6.45) is -1.01. The zero-order chi connectivity index (χ0) is 28.2. The molecule has 3 rings (SSSR count). The van der Waals surface area contributed by atoms with Crippen molar-refractivity contribution in [2.45, 2.75) is 52.6 Å². The van der Waals surface area contributed by atoms with Gasteiger partial charge in [-0.3, -0.25) is 24.3 Å². The first-order valence-corrected chi connectivity index (χ1v) is 11.7. The van der Waals surface area contributed by atoms with E-state index in [0.717, 1.165) is 11.7 Å². The standard InChI is InChI=1S/C25H30N6O7/c1-13(2)16(18(33)21-29-30-23(38-21)25(3,4)5)26-15(32)12-31-19(14-10-8-7-9-11-14)28-20(34)17(22(31)35)27-24(36)37-6/h7-11,13,16,34H,12H2,1-6H3,(H,26,32)(H,27,36). The van der Waals surface area contributed by atoms with Gasteiger partial charge in [0.05, 0.1) is 13.2 Å². The highest BCUT2D eigenvalue weighted by molar-refractivity contribution is 5.98. The van der Waals surface area contributed by atoms with Crippen molar-refractivity contribution >= 4 is 23.5 Å². The van der Waals surface area contributed by atoms with Gasteiger partial charge in [-0.1, -0.05) is 65.0 Å². The third kappa shape index (κ3) is 6.22. The topological polar surface area (TPSA) is 179 Å². The van der Waals surface area contributed by atoms with Crippen LogP contribution in [0.1, 0.15) is 51.2 Å². The number of aromatic nitrogens is 4. The van der Waals surface area contributed by atoms with Crippen LogP contribution < -0.4 is 16.2 Å². The zero-order valence-corrected chi connectivity index (χ0v) is 21.9. The Morgan fingerprint density at radius 1 is 1.13 bits per heavy atom. The van der Waals surface area contributed by atoms with Gasteiger partial charge in [0.2, 0.25) is 23.5 Å². The van der Waals surface area contributed by atoms with E-state index in [1.165, 1.54) is 0 Å². The van der Waals surface area contributed by atoms with E-state index in [2.05, 4.69) is 30.6 Å². The molecule has 2 aromatic heterocycles. The summed E-state index contributed by atoms with van der Waals surface area (Å²) in [6.45, 7) is 8.44. The molecule has 2 amide bonds. The molecule has 0 bridgehead atoms. The van der Waals surface area contributed by atoms with Gasteiger partial charge in [0, 0.05) is 11.0 Å². The Morgan fingerprint density at radius 2 is 1.79 bits per heavy atom. The molecular formula is C25H30N6O7. The van der Waals surface area contributed by atoms with Crippen molar-refractivity contribution in [2.75, 3.05) is 12.4 Å². The maximum Gasteiger partial charge on any atom is 0.411 e. The number of hydrogen-bond donors (Lipinski definition) is 3. The van der Waals surface area contributed by atoms with Crippen LogP contribution in [0.4, 0.5) is 10.5 Å². The summed E-state index contributed by atoms with van der Waals surface area (Å²) >= 11 is 0. The summed E-state index contributed by atoms with van der Waals surface area (Å²) in [5, 5.41) is 22.9. The van der Waals surface area contributed by atoms with Crippen LogP contribution in [0.3, 0.4) is 0 Å². The van der Waals surface area contributed by atoms with Crippen molar-refractivity contribution in [3.63, 3.8) is 0 Å². The highest BCUT2D eigenvalue weighted by Crippen LogP contribution is 2.24. The van der Waals surface area contributed by atoms with Crippen LogP contribution in [0.15, 0.2) is 39.5 Å². The quantitative estimate of drug-likeness (QED) is 0.369. The van der Waals surface area contributed by atoms with Crippen LogP contribution in [-0.2, 0) is 21.5 Å². The Hall–Kier alpha value is -4.55. The molecule has 3 aromatic rings. The van der Waals surface area contributed by atoms with E-state index in [1.54, 1.807) is 44.2 Å². The number of methoxy groups -OCH3 is 1. The van der Waals surface area contributed by atoms with E-state index >= 15 is 0 Å². The number of hydrogen-bond acceptors (Lipinski definition) is 10. The number of carbonyl (C=O) groups is 3. The van der Waals surface area contributed by atoms with Crippen LogP contribution in [0.25, 0.3) is 11.4 Å². The smallest absolute Gasteiger partial charge is 0.411 e. The summed E-state index contributed by atoms with van der Waals surface area (Å²) in [5.74, 6) is -2.40. The van der Waals surface area contributed by atoms with Gasteiger partial charge in [-0.25, -0.2) is 4.79 Å². The van der Waals surface area contributed by atoms with Gasteiger partial charge in [-0.2, -0.15) is 4.98 Å². The number of ketones is 1. The third-order valence-corrected chi connectivity index (χ3v) is 5.44. The predicted molar refractivity (Wildman–Crippen MR) is 136 cm³/mol. The lowest BCUT2D eigenvalue weighted by Gasteiger charge is -2.21. The van der Waals surface area contributed by atoms with Crippen LogP contribution in [0.2, 0.25) is 0 Å². The van der Waals surface area contributed by atoms with Crippen LogP contribution >= 0.6 is 0 Å². The second-order valence-electron chi connectivity index (χ2n) is 9.82. The largest absolute Gasteiger partial charge is 0.492 e. The second kappa shape index (κ2) is 11.2. The number of nitrogens with zero attached hydrogens (tertiary/aromatic N) is 4. The number of rotatable bonds is 8. The molecule has 0 fully saturated rings. The monoisotopic (exact) mass is 526 g/mol. The lowest BCUT2D eigenvalue weighted by molar-refractivity contribution is -0.122. The average molecular weight is 527 g/mol. The molecular weight excluding hydrogens is 496 g/mol. The van der Waals surface area contributed by atoms with Gasteiger partial charge >= 0.3 is 6.09 Å². The Bertz CT molecular complexity index is 1390. The maximum absolute atomic E-state index is 13.3. The molecule has 0 radical (unpaired) electrons. The van der Waals surface area contributed by atoms with Crippen molar-refractivity contribution in [2.24, 2.45) is 5.92 Å². The van der Waals surface area contributed by atoms with E-state index in [1.807, 2.05) is 20.8 Å². The molecule has 2 heterocycles. The number of anilines is 1. The third-order valence-electron chi connectivity index (χ3n) is 5.44.